The van der Waals surface area contributed by atoms with Gasteiger partial charge in [0.1, 0.15) is 17.7 Å². The predicted molar refractivity (Wildman–Crippen MR) is 77.2 cm³/mol. The van der Waals surface area contributed by atoms with Gasteiger partial charge in [0.2, 0.25) is 0 Å². The summed E-state index contributed by atoms with van der Waals surface area (Å²) in [5.41, 5.74) is 1.32. The second-order valence-electron chi connectivity index (χ2n) is 4.07. The summed E-state index contributed by atoms with van der Waals surface area (Å²) in [7, 11) is 0. The maximum Gasteiger partial charge on any atom is 0.131 e. The first-order chi connectivity index (χ1) is 9.28. The summed E-state index contributed by atoms with van der Waals surface area (Å²) in [6.45, 7) is 3.14. The standard InChI is InChI=1S/C15H13N3S/c1-2-7-18-8-3-4-14(18)15-6-5-13(19-15)9-12(10-16)11-17/h3-6,8-9H,2,7H2,1H3. The molecule has 19 heavy (non-hydrogen) atoms. The van der Waals surface area contributed by atoms with Crippen molar-refractivity contribution in [2.75, 3.05) is 0 Å². The predicted octanol–water partition coefficient (Wildman–Crippen LogP) is 4.06. The van der Waals surface area contributed by atoms with Gasteiger partial charge in [-0.1, -0.05) is 6.92 Å². The Kier molecular flexibility index (Phi) is 4.18. The number of allylic oxidation sites excluding steroid dienone is 1. The van der Waals surface area contributed by atoms with Crippen LogP contribution in [0.2, 0.25) is 0 Å². The summed E-state index contributed by atoms with van der Waals surface area (Å²) in [5.74, 6) is 0. The minimum atomic E-state index is 0.136. The molecule has 2 aromatic rings. The molecule has 0 radical (unpaired) electrons. The first kappa shape index (κ1) is 13.1. The van der Waals surface area contributed by atoms with Gasteiger partial charge in [0, 0.05) is 17.6 Å². The van der Waals surface area contributed by atoms with Crippen molar-refractivity contribution in [3.05, 3.63) is 40.9 Å². The molecule has 0 fully saturated rings. The molecule has 0 saturated heterocycles. The Balaban J connectivity index is 2.32. The van der Waals surface area contributed by atoms with Crippen LogP contribution in [0.5, 0.6) is 0 Å². The normalized spacial score (nSPS) is 9.63. The number of rotatable bonds is 4. The maximum absolute atomic E-state index is 8.75. The molecular formula is C15H13N3S. The Bertz CT molecular complexity index is 661. The molecule has 2 rings (SSSR count). The van der Waals surface area contributed by atoms with E-state index in [2.05, 4.69) is 23.8 Å². The molecule has 94 valence electrons. The van der Waals surface area contributed by atoms with Gasteiger partial charge in [0.15, 0.2) is 0 Å². The zero-order valence-electron chi connectivity index (χ0n) is 10.6. The van der Waals surface area contributed by atoms with Crippen molar-refractivity contribution in [3.63, 3.8) is 0 Å². The quantitative estimate of drug-likeness (QED) is 0.784. The summed E-state index contributed by atoms with van der Waals surface area (Å²) in [5, 5.41) is 17.5. The van der Waals surface area contributed by atoms with E-state index in [-0.39, 0.29) is 5.57 Å². The lowest BCUT2D eigenvalue weighted by Gasteiger charge is -2.05. The smallest absolute Gasteiger partial charge is 0.131 e. The van der Waals surface area contributed by atoms with Crippen LogP contribution in [0.1, 0.15) is 18.2 Å². The first-order valence-electron chi connectivity index (χ1n) is 6.05. The van der Waals surface area contributed by atoms with Crippen molar-refractivity contribution in [1.82, 2.24) is 4.57 Å². The Hall–Kier alpha value is -2.30. The lowest BCUT2D eigenvalue weighted by molar-refractivity contribution is 0.690. The minimum Gasteiger partial charge on any atom is -0.347 e. The van der Waals surface area contributed by atoms with Crippen LogP contribution in [0.4, 0.5) is 0 Å². The van der Waals surface area contributed by atoms with E-state index in [1.165, 1.54) is 5.69 Å². The van der Waals surface area contributed by atoms with Crippen molar-refractivity contribution >= 4 is 17.4 Å². The van der Waals surface area contributed by atoms with E-state index in [1.807, 2.05) is 30.3 Å². The molecular weight excluding hydrogens is 254 g/mol. The fourth-order valence-electron chi connectivity index (χ4n) is 1.87. The van der Waals surface area contributed by atoms with Crippen LogP contribution in [-0.2, 0) is 6.54 Å². The van der Waals surface area contributed by atoms with Crippen LogP contribution < -0.4 is 0 Å². The summed E-state index contributed by atoms with van der Waals surface area (Å²) in [6.07, 6.45) is 4.79. The van der Waals surface area contributed by atoms with Gasteiger partial charge < -0.3 is 4.57 Å². The van der Waals surface area contributed by atoms with E-state index >= 15 is 0 Å². The van der Waals surface area contributed by atoms with Gasteiger partial charge in [0.25, 0.3) is 0 Å². The summed E-state index contributed by atoms with van der Waals surface area (Å²) < 4.78 is 2.22. The SMILES string of the molecule is CCCn1cccc1-c1ccc(C=C(C#N)C#N)s1. The van der Waals surface area contributed by atoms with Crippen molar-refractivity contribution in [2.45, 2.75) is 19.9 Å². The number of hydrogen-bond donors (Lipinski definition) is 0. The number of aromatic nitrogens is 1. The molecule has 0 amide bonds. The van der Waals surface area contributed by atoms with E-state index in [0.717, 1.165) is 22.7 Å². The lowest BCUT2D eigenvalue weighted by Crippen LogP contribution is -1.95. The minimum absolute atomic E-state index is 0.136. The number of thiophene rings is 1. The van der Waals surface area contributed by atoms with Crippen molar-refractivity contribution in [2.24, 2.45) is 0 Å². The van der Waals surface area contributed by atoms with Gasteiger partial charge >= 0.3 is 0 Å². The van der Waals surface area contributed by atoms with Gasteiger partial charge in [0.05, 0.1) is 10.6 Å². The third-order valence-electron chi connectivity index (χ3n) is 2.70. The van der Waals surface area contributed by atoms with Crippen LogP contribution in [-0.4, -0.2) is 4.57 Å². The highest BCUT2D eigenvalue weighted by atomic mass is 32.1. The average Bonchev–Trinajstić information content (AvgIpc) is 3.05. The summed E-state index contributed by atoms with van der Waals surface area (Å²) in [6, 6.07) is 11.9. The third-order valence-corrected chi connectivity index (χ3v) is 3.76. The molecule has 2 heterocycles. The Morgan fingerprint density at radius 2 is 2.11 bits per heavy atom. The molecule has 0 N–H and O–H groups in total. The first-order valence-corrected chi connectivity index (χ1v) is 6.87. The van der Waals surface area contributed by atoms with Crippen molar-refractivity contribution < 1.29 is 0 Å². The molecule has 0 aromatic carbocycles. The van der Waals surface area contributed by atoms with E-state index in [0.29, 0.717) is 0 Å². The van der Waals surface area contributed by atoms with Gasteiger partial charge in [-0.05, 0) is 36.8 Å². The molecule has 0 spiro atoms. The van der Waals surface area contributed by atoms with Crippen LogP contribution in [0.15, 0.2) is 36.0 Å². The zero-order chi connectivity index (χ0) is 13.7. The number of nitriles is 2. The summed E-state index contributed by atoms with van der Waals surface area (Å²) >= 11 is 1.59. The van der Waals surface area contributed by atoms with Gasteiger partial charge in [-0.25, -0.2) is 0 Å². The Labute approximate surface area is 116 Å². The maximum atomic E-state index is 8.75. The second kappa shape index (κ2) is 6.04. The van der Waals surface area contributed by atoms with Crippen LogP contribution in [0.25, 0.3) is 16.6 Å². The van der Waals surface area contributed by atoms with Crippen LogP contribution >= 0.6 is 11.3 Å². The van der Waals surface area contributed by atoms with Crippen molar-refractivity contribution in [1.29, 1.82) is 10.5 Å². The Morgan fingerprint density at radius 3 is 2.79 bits per heavy atom. The van der Waals surface area contributed by atoms with Crippen LogP contribution in [0, 0.1) is 22.7 Å². The number of hydrogen-bond acceptors (Lipinski definition) is 3. The summed E-state index contributed by atoms with van der Waals surface area (Å²) in [4.78, 5) is 2.08. The fraction of sp³-hybridized carbons (Fsp3) is 0.200. The third kappa shape index (κ3) is 2.93. The number of aryl methyl sites for hydroxylation is 1. The van der Waals surface area contributed by atoms with Crippen LogP contribution in [0.3, 0.4) is 0 Å². The highest BCUT2D eigenvalue weighted by Gasteiger charge is 2.06. The largest absolute Gasteiger partial charge is 0.347 e. The molecule has 0 unspecified atom stereocenters. The molecule has 3 nitrogen and oxygen atoms in total. The monoisotopic (exact) mass is 267 g/mol. The van der Waals surface area contributed by atoms with Gasteiger partial charge in [-0.2, -0.15) is 10.5 Å². The zero-order valence-corrected chi connectivity index (χ0v) is 11.4. The molecule has 0 atom stereocenters. The molecule has 0 aliphatic carbocycles. The van der Waals surface area contributed by atoms with E-state index in [9.17, 15) is 0 Å². The highest BCUT2D eigenvalue weighted by molar-refractivity contribution is 7.16. The highest BCUT2D eigenvalue weighted by Crippen LogP contribution is 2.29. The fourth-order valence-corrected chi connectivity index (χ4v) is 2.87. The second-order valence-corrected chi connectivity index (χ2v) is 5.19. The Morgan fingerprint density at radius 1 is 1.32 bits per heavy atom. The molecule has 0 aliphatic rings. The molecule has 0 aliphatic heterocycles. The molecule has 4 heteroatoms. The molecule has 0 saturated carbocycles. The average molecular weight is 267 g/mol. The topological polar surface area (TPSA) is 52.5 Å². The van der Waals surface area contributed by atoms with E-state index < -0.39 is 0 Å². The molecule has 2 aromatic heterocycles. The lowest BCUT2D eigenvalue weighted by atomic mass is 10.2. The van der Waals surface area contributed by atoms with E-state index in [4.69, 9.17) is 10.5 Å². The van der Waals surface area contributed by atoms with E-state index in [1.54, 1.807) is 17.4 Å². The number of nitrogens with zero attached hydrogens (tertiary/aromatic N) is 3. The van der Waals surface area contributed by atoms with Gasteiger partial charge in [-0.15, -0.1) is 11.3 Å². The molecule has 0 bridgehead atoms. The van der Waals surface area contributed by atoms with Gasteiger partial charge in [-0.3, -0.25) is 0 Å². The van der Waals surface area contributed by atoms with Crippen molar-refractivity contribution in [3.8, 4) is 22.7 Å².